The molecule has 0 fully saturated rings. The van der Waals surface area contributed by atoms with Gasteiger partial charge in [0, 0.05) is 6.42 Å². The first-order chi connectivity index (χ1) is 15.3. The van der Waals surface area contributed by atoms with E-state index in [9.17, 15) is 24.3 Å². The predicted molar refractivity (Wildman–Crippen MR) is 115 cm³/mol. The summed E-state index contributed by atoms with van der Waals surface area (Å²) in [6.45, 7) is 3.44. The molecule has 32 heavy (non-hydrogen) atoms. The summed E-state index contributed by atoms with van der Waals surface area (Å²) in [7, 11) is 0. The van der Waals surface area contributed by atoms with Crippen LogP contribution in [0.1, 0.15) is 65.0 Å². The Labute approximate surface area is 185 Å². The Morgan fingerprint density at radius 1 is 0.781 bits per heavy atom. The minimum Gasteiger partial charge on any atom is -0.481 e. The Balaban J connectivity index is 2.84. The Morgan fingerprint density at radius 3 is 1.59 bits per heavy atom. The molecule has 2 aromatic carbocycles. The molecular formula is C24H26O8. The fraction of sp³-hybridized carbons (Fsp3) is 0.333. The van der Waals surface area contributed by atoms with Crippen LogP contribution in [0.5, 0.6) is 0 Å². The van der Waals surface area contributed by atoms with Crippen molar-refractivity contribution in [2.45, 2.75) is 38.5 Å². The summed E-state index contributed by atoms with van der Waals surface area (Å²) < 4.78 is 10.2. The van der Waals surface area contributed by atoms with Gasteiger partial charge in [-0.1, -0.05) is 36.4 Å². The SMILES string of the molecule is CCOC(=O)c1ccccc1C(CCCC(=O)O)(C(=O)O)c1ccccc1C(=O)OCC. The summed E-state index contributed by atoms with van der Waals surface area (Å²) in [6, 6.07) is 12.2. The zero-order chi connectivity index (χ0) is 23.7. The molecule has 0 amide bonds. The normalized spacial score (nSPS) is 10.9. The molecule has 8 heteroatoms. The highest BCUT2D eigenvalue weighted by molar-refractivity contribution is 5.99. The van der Waals surface area contributed by atoms with Gasteiger partial charge in [0.2, 0.25) is 0 Å². The first-order valence-corrected chi connectivity index (χ1v) is 10.3. The molecule has 0 unspecified atom stereocenters. The third-order valence-electron chi connectivity index (χ3n) is 5.07. The number of carbonyl (C=O) groups is 4. The van der Waals surface area contributed by atoms with Gasteiger partial charge in [0.1, 0.15) is 5.41 Å². The quantitative estimate of drug-likeness (QED) is 0.505. The van der Waals surface area contributed by atoms with Crippen LogP contribution in [0.4, 0.5) is 0 Å². The van der Waals surface area contributed by atoms with Gasteiger partial charge in [-0.3, -0.25) is 9.59 Å². The van der Waals surface area contributed by atoms with Gasteiger partial charge in [0.15, 0.2) is 0 Å². The second-order valence-electron chi connectivity index (χ2n) is 6.99. The number of carboxylic acids is 2. The fourth-order valence-corrected chi connectivity index (χ4v) is 3.74. The zero-order valence-corrected chi connectivity index (χ0v) is 18.0. The monoisotopic (exact) mass is 442 g/mol. The van der Waals surface area contributed by atoms with Crippen LogP contribution in [0.15, 0.2) is 48.5 Å². The topological polar surface area (TPSA) is 127 Å². The Bertz CT molecular complexity index is 933. The minimum absolute atomic E-state index is 0.00402. The fourth-order valence-electron chi connectivity index (χ4n) is 3.74. The maximum atomic E-state index is 12.9. The van der Waals surface area contributed by atoms with Crippen LogP contribution in [-0.4, -0.2) is 47.3 Å². The molecule has 0 heterocycles. The number of rotatable bonds is 11. The largest absolute Gasteiger partial charge is 0.481 e. The van der Waals surface area contributed by atoms with Gasteiger partial charge in [-0.05, 0) is 49.9 Å². The van der Waals surface area contributed by atoms with E-state index in [1.54, 1.807) is 38.1 Å². The molecule has 0 saturated carbocycles. The number of esters is 2. The van der Waals surface area contributed by atoms with Crippen molar-refractivity contribution < 1.29 is 38.9 Å². The number of hydrogen-bond acceptors (Lipinski definition) is 6. The maximum Gasteiger partial charge on any atom is 0.338 e. The summed E-state index contributed by atoms with van der Waals surface area (Å²) in [6.07, 6.45) is -0.449. The second kappa shape index (κ2) is 11.1. The molecule has 0 aliphatic heterocycles. The van der Waals surface area contributed by atoms with E-state index in [0.29, 0.717) is 0 Å². The van der Waals surface area contributed by atoms with Crippen LogP contribution in [-0.2, 0) is 24.5 Å². The lowest BCUT2D eigenvalue weighted by Gasteiger charge is -2.33. The lowest BCUT2D eigenvalue weighted by Crippen LogP contribution is -2.40. The van der Waals surface area contributed by atoms with Crippen LogP contribution >= 0.6 is 0 Å². The second-order valence-corrected chi connectivity index (χ2v) is 6.99. The number of aliphatic carboxylic acids is 2. The Morgan fingerprint density at radius 2 is 1.22 bits per heavy atom. The highest BCUT2D eigenvalue weighted by atomic mass is 16.5. The standard InChI is InChI=1S/C24H26O8/c1-3-31-21(27)16-10-5-7-12-18(16)24(23(29)30,15-9-14-20(25)26)19-13-8-6-11-17(19)22(28)32-4-2/h5-8,10-13H,3-4,9,14-15H2,1-2H3,(H,25,26)(H,29,30). The van der Waals surface area contributed by atoms with Crippen molar-refractivity contribution in [1.29, 1.82) is 0 Å². The molecule has 0 saturated heterocycles. The van der Waals surface area contributed by atoms with E-state index in [4.69, 9.17) is 14.6 Å². The molecule has 2 aromatic rings. The summed E-state index contributed by atoms with van der Waals surface area (Å²) in [4.78, 5) is 49.4. The number of hydrogen-bond donors (Lipinski definition) is 2. The van der Waals surface area contributed by atoms with Crippen LogP contribution in [0.3, 0.4) is 0 Å². The maximum absolute atomic E-state index is 12.9. The van der Waals surface area contributed by atoms with Crippen molar-refractivity contribution in [2.24, 2.45) is 0 Å². The molecule has 0 atom stereocenters. The van der Waals surface area contributed by atoms with E-state index in [2.05, 4.69) is 0 Å². The van der Waals surface area contributed by atoms with Gasteiger partial charge in [-0.25, -0.2) is 9.59 Å². The average Bonchev–Trinajstić information content (AvgIpc) is 2.77. The molecule has 8 nitrogen and oxygen atoms in total. The van der Waals surface area contributed by atoms with E-state index < -0.39 is 29.3 Å². The van der Waals surface area contributed by atoms with Crippen molar-refractivity contribution in [3.8, 4) is 0 Å². The van der Waals surface area contributed by atoms with Gasteiger partial charge in [0.05, 0.1) is 24.3 Å². The molecule has 0 bridgehead atoms. The van der Waals surface area contributed by atoms with Crippen LogP contribution < -0.4 is 0 Å². The van der Waals surface area contributed by atoms with Crippen molar-refractivity contribution in [1.82, 2.24) is 0 Å². The van der Waals surface area contributed by atoms with Crippen LogP contribution in [0.25, 0.3) is 0 Å². The Kier molecular flexibility index (Phi) is 8.52. The number of carboxylic acid groups (broad SMARTS) is 2. The molecular weight excluding hydrogens is 416 g/mol. The lowest BCUT2D eigenvalue weighted by atomic mass is 9.68. The molecule has 0 spiro atoms. The molecule has 2 N–H and O–H groups in total. The molecule has 0 aliphatic rings. The number of ether oxygens (including phenoxy) is 2. The van der Waals surface area contributed by atoms with E-state index in [1.807, 2.05) is 0 Å². The van der Waals surface area contributed by atoms with E-state index in [-0.39, 0.29) is 54.7 Å². The summed E-state index contributed by atoms with van der Waals surface area (Å²) in [5, 5.41) is 19.6. The highest BCUT2D eigenvalue weighted by Gasteiger charge is 2.46. The smallest absolute Gasteiger partial charge is 0.338 e. The number of carbonyl (C=O) groups excluding carboxylic acids is 2. The highest BCUT2D eigenvalue weighted by Crippen LogP contribution is 2.41. The van der Waals surface area contributed by atoms with Crippen molar-refractivity contribution >= 4 is 23.9 Å². The lowest BCUT2D eigenvalue weighted by molar-refractivity contribution is -0.143. The van der Waals surface area contributed by atoms with E-state index in [0.717, 1.165) is 0 Å². The average molecular weight is 442 g/mol. The summed E-state index contributed by atoms with van der Waals surface area (Å²) in [5.41, 5.74) is -1.58. The summed E-state index contributed by atoms with van der Waals surface area (Å²) in [5.74, 6) is -3.82. The first-order valence-electron chi connectivity index (χ1n) is 10.3. The Hall–Kier alpha value is -3.68. The van der Waals surface area contributed by atoms with Crippen LogP contribution in [0, 0.1) is 0 Å². The van der Waals surface area contributed by atoms with E-state index >= 15 is 0 Å². The molecule has 2 rings (SSSR count). The van der Waals surface area contributed by atoms with Gasteiger partial charge >= 0.3 is 23.9 Å². The third kappa shape index (κ3) is 5.14. The first kappa shape index (κ1) is 24.6. The molecule has 170 valence electrons. The van der Waals surface area contributed by atoms with Crippen molar-refractivity contribution in [3.63, 3.8) is 0 Å². The number of benzene rings is 2. The molecule has 0 aromatic heterocycles. The van der Waals surface area contributed by atoms with E-state index in [1.165, 1.54) is 24.3 Å². The van der Waals surface area contributed by atoms with Gasteiger partial charge in [-0.2, -0.15) is 0 Å². The van der Waals surface area contributed by atoms with Crippen LogP contribution in [0.2, 0.25) is 0 Å². The van der Waals surface area contributed by atoms with Crippen molar-refractivity contribution in [3.05, 3.63) is 70.8 Å². The van der Waals surface area contributed by atoms with Gasteiger partial charge in [0.25, 0.3) is 0 Å². The minimum atomic E-state index is -1.89. The molecule has 0 aliphatic carbocycles. The third-order valence-corrected chi connectivity index (χ3v) is 5.07. The van der Waals surface area contributed by atoms with Gasteiger partial charge < -0.3 is 19.7 Å². The van der Waals surface area contributed by atoms with Gasteiger partial charge in [-0.15, -0.1) is 0 Å². The predicted octanol–water partition coefficient (Wildman–Crippen LogP) is 3.67. The van der Waals surface area contributed by atoms with Crippen molar-refractivity contribution in [2.75, 3.05) is 13.2 Å². The zero-order valence-electron chi connectivity index (χ0n) is 18.0. The summed E-state index contributed by atoms with van der Waals surface area (Å²) >= 11 is 0. The molecule has 0 radical (unpaired) electrons.